The van der Waals surface area contributed by atoms with E-state index in [-0.39, 0.29) is 35.6 Å². The molecule has 5 heteroatoms. The first-order valence-electron chi connectivity index (χ1n) is 17.7. The molecule has 0 unspecified atom stereocenters. The summed E-state index contributed by atoms with van der Waals surface area (Å²) < 4.78 is 4.66. The number of halogens is 4. The number of fused-ring (bicyclic) bond motifs is 3. The van der Waals surface area contributed by atoms with Crippen molar-refractivity contribution in [2.24, 2.45) is 0 Å². The molecule has 0 aliphatic heterocycles. The Hall–Kier alpha value is -1.99. The summed E-state index contributed by atoms with van der Waals surface area (Å²) in [5, 5.41) is 1.57. The Morgan fingerprint density at radius 3 is 1.63 bits per heavy atom. The van der Waals surface area contributed by atoms with Crippen LogP contribution in [0.25, 0.3) is 11.1 Å². The minimum absolute atomic E-state index is 0. The van der Waals surface area contributed by atoms with Crippen molar-refractivity contribution >= 4 is 55.4 Å². The number of aryl methyl sites for hydroxylation is 2. The molecular weight excluding hydrogens is 798 g/mol. The number of rotatable bonds is 3. The maximum absolute atomic E-state index is 5.84. The average Bonchev–Trinajstić information content (AvgIpc) is 3.62. The molecule has 0 fully saturated rings. The molecule has 0 saturated heterocycles. The molecule has 0 amide bonds. The van der Waals surface area contributed by atoms with Crippen LogP contribution in [0.2, 0.25) is 10.0 Å². The van der Waals surface area contributed by atoms with E-state index in [1.54, 1.807) is 0 Å². The Bertz CT molecular complexity index is 1840. The van der Waals surface area contributed by atoms with Gasteiger partial charge in [0.2, 0.25) is 0 Å². The van der Waals surface area contributed by atoms with Gasteiger partial charge in [-0.25, -0.2) is 6.07 Å². The molecule has 6 rings (SSSR count). The monoisotopic (exact) mass is 850 g/mol. The fraction of sp³-hybridized carbons (Fsp3) is 0.340. The summed E-state index contributed by atoms with van der Waals surface area (Å²) in [5.74, 6) is 0. The van der Waals surface area contributed by atoms with Crippen LogP contribution in [0, 0.1) is 13.0 Å². The third kappa shape index (κ3) is 13.1. The zero-order valence-electron chi connectivity index (χ0n) is 32.8. The van der Waals surface area contributed by atoms with Crippen LogP contribution in [0.4, 0.5) is 0 Å². The van der Waals surface area contributed by atoms with Crippen LogP contribution < -0.4 is 0 Å². The van der Waals surface area contributed by atoms with Crippen molar-refractivity contribution < 1.29 is 22.3 Å². The van der Waals surface area contributed by atoms with Gasteiger partial charge in [-0.15, -0.1) is 35.9 Å². The average molecular weight is 854 g/mol. The van der Waals surface area contributed by atoms with E-state index >= 15 is 0 Å². The Labute approximate surface area is 348 Å². The van der Waals surface area contributed by atoms with Crippen molar-refractivity contribution in [3.63, 3.8) is 0 Å². The van der Waals surface area contributed by atoms with E-state index in [9.17, 15) is 0 Å². The molecule has 0 aromatic heterocycles. The van der Waals surface area contributed by atoms with E-state index in [1.165, 1.54) is 61.2 Å². The quantitative estimate of drug-likeness (QED) is 0.156. The minimum atomic E-state index is -0.623. The Morgan fingerprint density at radius 2 is 1.19 bits per heavy atom. The summed E-state index contributed by atoms with van der Waals surface area (Å²) in [4.78, 5) is 0. The molecule has 1 aliphatic rings. The second kappa shape index (κ2) is 19.6. The summed E-state index contributed by atoms with van der Waals surface area (Å²) in [6, 6.07) is 35.7. The summed E-state index contributed by atoms with van der Waals surface area (Å²) >= 11 is 11.0. The zero-order chi connectivity index (χ0) is 36.9. The molecule has 0 heterocycles. The Morgan fingerprint density at radius 1 is 0.673 bits per heavy atom. The third-order valence-electron chi connectivity index (χ3n) is 9.01. The van der Waals surface area contributed by atoms with E-state index in [0.717, 1.165) is 22.9 Å². The zero-order valence-corrected chi connectivity index (χ0v) is 38.4. The van der Waals surface area contributed by atoms with E-state index in [4.69, 9.17) is 23.2 Å². The molecule has 0 bridgehead atoms. The molecule has 52 heavy (non-hydrogen) atoms. The molecule has 278 valence electrons. The molecule has 0 nitrogen and oxygen atoms in total. The molecule has 0 spiro atoms. The van der Waals surface area contributed by atoms with Crippen molar-refractivity contribution in [2.75, 3.05) is 0 Å². The predicted molar refractivity (Wildman–Crippen MR) is 234 cm³/mol. The van der Waals surface area contributed by atoms with Gasteiger partial charge in [-0.05, 0) is 28.4 Å². The third-order valence-corrected chi connectivity index (χ3v) is 12.0. The summed E-state index contributed by atoms with van der Waals surface area (Å²) in [6.45, 7) is 24.8. The Balaban J connectivity index is 0.000000275. The molecule has 0 N–H and O–H groups in total. The first kappa shape index (κ1) is 46.2. The maximum atomic E-state index is 5.84. The topological polar surface area (TPSA) is 0 Å². The van der Waals surface area contributed by atoms with Crippen LogP contribution in [0.3, 0.4) is 0 Å². The van der Waals surface area contributed by atoms with Crippen LogP contribution in [0.15, 0.2) is 91.0 Å². The Kier molecular flexibility index (Phi) is 17.4. The molecule has 0 saturated carbocycles. The number of hydrogen-bond acceptors (Lipinski definition) is 0. The fourth-order valence-electron chi connectivity index (χ4n) is 6.09. The van der Waals surface area contributed by atoms with E-state index in [2.05, 4.69) is 156 Å². The van der Waals surface area contributed by atoms with Crippen LogP contribution in [0.5, 0.6) is 0 Å². The van der Waals surface area contributed by atoms with E-state index in [1.807, 2.05) is 24.3 Å². The molecule has 1 aliphatic carbocycles. The van der Waals surface area contributed by atoms with Gasteiger partial charge in [0, 0.05) is 0 Å². The fourth-order valence-corrected chi connectivity index (χ4v) is 8.43. The molecular formula is C47H56Cl4Zr-2. The second-order valence-electron chi connectivity index (χ2n) is 16.4. The molecule has 0 atom stereocenters. The first-order chi connectivity index (χ1) is 23.3. The van der Waals surface area contributed by atoms with Crippen molar-refractivity contribution in [3.8, 4) is 11.1 Å². The molecule has 5 aromatic rings. The standard InChI is InChI=1S/C21H25.C12H19.2C7H5Cl.2ClH.Zr/c1-20(2,3)16-7-9-18-14(12-16)11-15-13-17(21(4,5)6)8-10-19(15)18;1-6-10-7-9(2)8-11(10)12(3,4)5;2*1-6-2-4-7(8)5-3-6;;;/h7-10,12H,11H2,1-6H3;7-8H,6H2,1-5H3;2*1-5H;2*1H;/q2*-1;;;;;. The van der Waals surface area contributed by atoms with Crippen molar-refractivity contribution in [2.45, 2.75) is 105 Å². The van der Waals surface area contributed by atoms with Gasteiger partial charge in [0.25, 0.3) is 0 Å². The predicted octanol–water partition coefficient (Wildman–Crippen LogP) is 14.1. The normalized spacial score (nSPS) is 11.6. The van der Waals surface area contributed by atoms with Crippen molar-refractivity contribution in [3.05, 3.63) is 157 Å². The second-order valence-corrected chi connectivity index (χ2v) is 19.6. The summed E-state index contributed by atoms with van der Waals surface area (Å²) in [6.07, 6.45) is 2.18. The van der Waals surface area contributed by atoms with Gasteiger partial charge < -0.3 is 0 Å². The van der Waals surface area contributed by atoms with Crippen LogP contribution >= 0.6 is 48.0 Å². The summed E-state index contributed by atoms with van der Waals surface area (Å²) in [5.41, 5.74) is 16.0. The molecule has 5 aromatic carbocycles. The van der Waals surface area contributed by atoms with Gasteiger partial charge in [0.05, 0.1) is 0 Å². The van der Waals surface area contributed by atoms with Crippen molar-refractivity contribution in [1.82, 2.24) is 0 Å². The van der Waals surface area contributed by atoms with Crippen molar-refractivity contribution in [1.29, 1.82) is 0 Å². The first-order valence-corrected chi connectivity index (χ1v) is 21.3. The van der Waals surface area contributed by atoms with Gasteiger partial charge >= 0.3 is 123 Å². The van der Waals surface area contributed by atoms with Crippen LogP contribution in [-0.2, 0) is 51.4 Å². The summed E-state index contributed by atoms with van der Waals surface area (Å²) in [7, 11) is 0. The van der Waals surface area contributed by atoms with E-state index < -0.39 is 22.3 Å². The van der Waals surface area contributed by atoms with Crippen LogP contribution in [0.1, 0.15) is 119 Å². The van der Waals surface area contributed by atoms with Gasteiger partial charge in [-0.2, -0.15) is 46.5 Å². The number of hydrogen-bond donors (Lipinski definition) is 0. The van der Waals surface area contributed by atoms with Gasteiger partial charge in [-0.1, -0.05) is 112 Å². The van der Waals surface area contributed by atoms with Gasteiger partial charge in [-0.3, -0.25) is 0 Å². The molecule has 0 radical (unpaired) electrons. The number of benzene rings is 4. The van der Waals surface area contributed by atoms with Gasteiger partial charge in [0.1, 0.15) is 0 Å². The van der Waals surface area contributed by atoms with Gasteiger partial charge in [0.15, 0.2) is 0 Å². The SMILES string of the molecule is CC(C)(C)c1[c-]c2c(cc1)-c1ccc(C(C)(C)C)cc1C2.CCc1[cH-]c(C)cc1C(C)(C)C.Cl.Cl.Clc1ccc([CH]=[Zr]=[CH]c2ccc(Cl)cc2)cc1. The van der Waals surface area contributed by atoms with Crippen LogP contribution in [-0.4, -0.2) is 7.42 Å². The van der Waals surface area contributed by atoms with E-state index in [0.29, 0.717) is 5.41 Å².